The summed E-state index contributed by atoms with van der Waals surface area (Å²) in [7, 11) is -3.80. The van der Waals surface area contributed by atoms with Crippen molar-refractivity contribution < 1.29 is 8.42 Å². The van der Waals surface area contributed by atoms with Gasteiger partial charge in [0, 0.05) is 6.20 Å². The molecule has 3 aromatic rings. The molecule has 3 heterocycles. The molecule has 0 aliphatic carbocycles. The molecule has 3 aromatic heterocycles. The van der Waals surface area contributed by atoms with Crippen LogP contribution in [0, 0.1) is 0 Å². The summed E-state index contributed by atoms with van der Waals surface area (Å²) in [5.74, 6) is -0.161. The molecule has 0 aromatic carbocycles. The smallest absolute Gasteiger partial charge is 0.267 e. The van der Waals surface area contributed by atoms with Gasteiger partial charge in [-0.25, -0.2) is 18.1 Å². The number of hydrogen-bond donors (Lipinski definition) is 3. The number of nitrogens with zero attached hydrogens (tertiary/aromatic N) is 4. The first-order valence-electron chi connectivity index (χ1n) is 4.94. The maximum absolute atomic E-state index is 11.9. The largest absolute Gasteiger partial charge is 0.341 e. The van der Waals surface area contributed by atoms with Gasteiger partial charge in [-0.05, 0) is 0 Å². The van der Waals surface area contributed by atoms with Crippen LogP contribution in [0.4, 0.5) is 5.95 Å². The molecule has 0 radical (unpaired) electrons. The standard InChI is InChI=1S/C8H6ClN7O2S/c9-6-5-7(11-3-10-5)15-8(14-6)16-19(17,18)4-1-12-13-2-4/h1-3H,(H,12,13)(H2,10,11,14,15,16). The van der Waals surface area contributed by atoms with Crippen molar-refractivity contribution in [3.63, 3.8) is 0 Å². The molecule has 0 amide bonds. The van der Waals surface area contributed by atoms with E-state index in [-0.39, 0.29) is 21.6 Å². The summed E-state index contributed by atoms with van der Waals surface area (Å²) in [6.45, 7) is 0. The SMILES string of the molecule is O=S(=O)(Nc1nc(Cl)c2[nH]cnc2n1)c1cn[nH]c1. The van der Waals surface area contributed by atoms with Crippen molar-refractivity contribution in [3.05, 3.63) is 23.9 Å². The zero-order valence-corrected chi connectivity index (χ0v) is 10.7. The van der Waals surface area contributed by atoms with Gasteiger partial charge < -0.3 is 4.98 Å². The van der Waals surface area contributed by atoms with Gasteiger partial charge in [0.05, 0.1) is 12.5 Å². The first kappa shape index (κ1) is 11.9. The Morgan fingerprint density at radius 3 is 2.89 bits per heavy atom. The van der Waals surface area contributed by atoms with Crippen LogP contribution in [0.15, 0.2) is 23.6 Å². The Bertz CT molecular complexity index is 826. The first-order valence-corrected chi connectivity index (χ1v) is 6.80. The van der Waals surface area contributed by atoms with E-state index in [1.165, 1.54) is 12.5 Å². The minimum atomic E-state index is -3.80. The molecule has 0 atom stereocenters. The van der Waals surface area contributed by atoms with Crippen LogP contribution in [0.3, 0.4) is 0 Å². The number of imidazole rings is 1. The van der Waals surface area contributed by atoms with Crippen LogP contribution in [0.2, 0.25) is 5.15 Å². The van der Waals surface area contributed by atoms with Gasteiger partial charge in [0.15, 0.2) is 10.8 Å². The minimum Gasteiger partial charge on any atom is -0.341 e. The number of halogens is 1. The lowest BCUT2D eigenvalue weighted by atomic mass is 10.6. The van der Waals surface area contributed by atoms with E-state index >= 15 is 0 Å². The van der Waals surface area contributed by atoms with E-state index in [1.807, 2.05) is 0 Å². The number of H-pyrrole nitrogens is 2. The van der Waals surface area contributed by atoms with Gasteiger partial charge in [-0.15, -0.1) is 0 Å². The van der Waals surface area contributed by atoms with Crippen molar-refractivity contribution in [2.24, 2.45) is 0 Å². The van der Waals surface area contributed by atoms with Gasteiger partial charge in [-0.3, -0.25) is 5.10 Å². The normalized spacial score (nSPS) is 11.8. The molecule has 0 saturated carbocycles. The molecule has 19 heavy (non-hydrogen) atoms. The van der Waals surface area contributed by atoms with Crippen LogP contribution < -0.4 is 4.72 Å². The highest BCUT2D eigenvalue weighted by Gasteiger charge is 2.18. The maximum atomic E-state index is 11.9. The monoisotopic (exact) mass is 299 g/mol. The van der Waals surface area contributed by atoms with Crippen molar-refractivity contribution in [2.45, 2.75) is 4.90 Å². The second-order valence-electron chi connectivity index (χ2n) is 3.48. The highest BCUT2D eigenvalue weighted by Crippen LogP contribution is 2.19. The molecule has 0 unspecified atom stereocenters. The van der Waals surface area contributed by atoms with E-state index < -0.39 is 10.0 Å². The summed E-state index contributed by atoms with van der Waals surface area (Å²) in [5.41, 5.74) is 0.706. The van der Waals surface area contributed by atoms with Gasteiger partial charge in [-0.2, -0.15) is 15.1 Å². The molecule has 9 nitrogen and oxygen atoms in total. The summed E-state index contributed by atoms with van der Waals surface area (Å²) >= 11 is 5.88. The molecule has 0 aliphatic heterocycles. The molecular formula is C8H6ClN7O2S. The third kappa shape index (κ3) is 2.11. The second-order valence-corrected chi connectivity index (χ2v) is 5.52. The third-order valence-electron chi connectivity index (χ3n) is 2.25. The zero-order chi connectivity index (χ0) is 13.5. The van der Waals surface area contributed by atoms with Gasteiger partial charge in [-0.1, -0.05) is 11.6 Å². The Hall–Kier alpha value is -2.20. The molecule has 3 rings (SSSR count). The Kier molecular flexibility index (Phi) is 2.61. The van der Waals surface area contributed by atoms with Crippen LogP contribution in [-0.2, 0) is 10.0 Å². The van der Waals surface area contributed by atoms with E-state index in [4.69, 9.17) is 11.6 Å². The quantitative estimate of drug-likeness (QED) is 0.605. The predicted molar refractivity (Wildman–Crippen MR) is 66.1 cm³/mol. The van der Waals surface area contributed by atoms with Crippen molar-refractivity contribution in [1.29, 1.82) is 0 Å². The average molecular weight is 300 g/mol. The molecule has 0 saturated heterocycles. The highest BCUT2D eigenvalue weighted by molar-refractivity contribution is 7.92. The van der Waals surface area contributed by atoms with Crippen LogP contribution in [-0.4, -0.2) is 38.6 Å². The van der Waals surface area contributed by atoms with Crippen molar-refractivity contribution in [1.82, 2.24) is 30.1 Å². The summed E-state index contributed by atoms with van der Waals surface area (Å²) in [6, 6.07) is 0. The molecule has 98 valence electrons. The van der Waals surface area contributed by atoms with Crippen molar-refractivity contribution in [2.75, 3.05) is 4.72 Å². The van der Waals surface area contributed by atoms with Gasteiger partial charge in [0.2, 0.25) is 5.95 Å². The van der Waals surface area contributed by atoms with E-state index in [0.29, 0.717) is 5.52 Å². The topological polar surface area (TPSA) is 129 Å². The molecule has 0 fully saturated rings. The van der Waals surface area contributed by atoms with Gasteiger partial charge in [0.1, 0.15) is 10.4 Å². The van der Waals surface area contributed by atoms with Crippen LogP contribution in [0.25, 0.3) is 11.2 Å². The fraction of sp³-hybridized carbons (Fsp3) is 0. The number of aromatic nitrogens is 6. The van der Waals surface area contributed by atoms with Gasteiger partial charge >= 0.3 is 0 Å². The molecule has 11 heteroatoms. The van der Waals surface area contributed by atoms with Crippen molar-refractivity contribution >= 4 is 38.7 Å². The van der Waals surface area contributed by atoms with Crippen LogP contribution >= 0.6 is 11.6 Å². The number of fused-ring (bicyclic) bond motifs is 1. The zero-order valence-electron chi connectivity index (χ0n) is 9.12. The fourth-order valence-electron chi connectivity index (χ4n) is 1.41. The van der Waals surface area contributed by atoms with E-state index in [2.05, 4.69) is 34.9 Å². The number of nitrogens with one attached hydrogen (secondary N) is 3. The number of rotatable bonds is 3. The van der Waals surface area contributed by atoms with Gasteiger partial charge in [0.25, 0.3) is 10.0 Å². The molecule has 0 bridgehead atoms. The number of aromatic amines is 2. The maximum Gasteiger partial charge on any atom is 0.267 e. The second kappa shape index (κ2) is 4.17. The predicted octanol–water partition coefficient (Wildman–Crippen LogP) is 0.530. The molecule has 3 N–H and O–H groups in total. The molecule has 0 aliphatic rings. The third-order valence-corrected chi connectivity index (χ3v) is 3.82. The summed E-state index contributed by atoms with van der Waals surface area (Å²) in [5, 5.41) is 6.04. The summed E-state index contributed by atoms with van der Waals surface area (Å²) in [4.78, 5) is 14.4. The summed E-state index contributed by atoms with van der Waals surface area (Å²) < 4.78 is 26.0. The highest BCUT2D eigenvalue weighted by atomic mass is 35.5. The van der Waals surface area contributed by atoms with Crippen LogP contribution in [0.5, 0.6) is 0 Å². The number of hydrogen-bond acceptors (Lipinski definition) is 6. The Morgan fingerprint density at radius 1 is 1.32 bits per heavy atom. The lowest BCUT2D eigenvalue weighted by Crippen LogP contribution is -2.14. The lowest BCUT2D eigenvalue weighted by Gasteiger charge is -2.04. The van der Waals surface area contributed by atoms with Crippen molar-refractivity contribution in [3.8, 4) is 0 Å². The Balaban J connectivity index is 2.02. The fourth-order valence-corrected chi connectivity index (χ4v) is 2.48. The molecule has 0 spiro atoms. The number of anilines is 1. The molecular weight excluding hydrogens is 294 g/mol. The Labute approximate surface area is 111 Å². The van der Waals surface area contributed by atoms with E-state index in [9.17, 15) is 8.42 Å². The summed E-state index contributed by atoms with van der Waals surface area (Å²) in [6.07, 6.45) is 3.79. The first-order chi connectivity index (χ1) is 9.06. The lowest BCUT2D eigenvalue weighted by molar-refractivity contribution is 0.601. The minimum absolute atomic E-state index is 0.0330. The van der Waals surface area contributed by atoms with E-state index in [0.717, 1.165) is 6.20 Å². The number of sulfonamides is 1. The van der Waals surface area contributed by atoms with Crippen LogP contribution in [0.1, 0.15) is 0 Å². The van der Waals surface area contributed by atoms with E-state index in [1.54, 1.807) is 0 Å². The Morgan fingerprint density at radius 2 is 2.16 bits per heavy atom. The average Bonchev–Trinajstić information content (AvgIpc) is 2.99.